The Hall–Kier alpha value is -8.61. The number of piperazine rings is 1. The number of hydrogen-bond donors (Lipinski definition) is 6. The minimum atomic E-state index is -0.934. The highest BCUT2D eigenvalue weighted by atomic mass is 79.9. The zero-order valence-electron chi connectivity index (χ0n) is 51.1. The Balaban J connectivity index is 0.795. The van der Waals surface area contributed by atoms with E-state index in [1.54, 1.807) is 46.2 Å². The molecule has 3 aliphatic rings. The lowest BCUT2D eigenvalue weighted by atomic mass is 9.89. The summed E-state index contributed by atoms with van der Waals surface area (Å²) < 4.78 is 11.5. The van der Waals surface area contributed by atoms with Gasteiger partial charge in [0.25, 0.3) is 17.7 Å². The average molecular weight is 1300 g/mol. The number of hydrogen-bond acceptors (Lipinski definition) is 14. The van der Waals surface area contributed by atoms with Crippen molar-refractivity contribution in [3.05, 3.63) is 119 Å². The van der Waals surface area contributed by atoms with Crippen LogP contribution in [-0.2, 0) is 51.1 Å². The van der Waals surface area contributed by atoms with E-state index < -0.39 is 41.8 Å². The first-order valence-corrected chi connectivity index (χ1v) is 31.7. The Morgan fingerprint density at radius 2 is 1.42 bits per heavy atom. The van der Waals surface area contributed by atoms with Crippen molar-refractivity contribution >= 4 is 108 Å². The van der Waals surface area contributed by atoms with Gasteiger partial charge in [0.15, 0.2) is 11.6 Å². The molecule has 5 aromatic rings. The SMILES string of the molecule is CC(C)[C@H](CCC(=O)NCCCC(=O)CCOCCNC(=O)CCN1C(=O)C=CC1=O)C(=O)N[C@@H](CCCNC(N)=O)C(=O)Cc1ccc(C(=O)Cc2ccc3[nH]c(C(=O)N4C[C@@H](CBr)c5c4cc(OC(=O)N4CCN(C)CC4)c4ccccc54)cc3c2)cc1. The summed E-state index contributed by atoms with van der Waals surface area (Å²) in [5, 5.41) is 13.9. The number of rotatable bonds is 32. The fourth-order valence-corrected chi connectivity index (χ4v) is 11.9. The summed E-state index contributed by atoms with van der Waals surface area (Å²) >= 11 is 3.69. The Morgan fingerprint density at radius 3 is 2.13 bits per heavy atom. The molecule has 9 amide bonds. The van der Waals surface area contributed by atoms with E-state index in [-0.39, 0.29) is 138 Å². The van der Waals surface area contributed by atoms with Gasteiger partial charge >= 0.3 is 12.1 Å². The molecule has 23 nitrogen and oxygen atoms in total. The number of anilines is 1. The zero-order valence-corrected chi connectivity index (χ0v) is 52.7. The maximum atomic E-state index is 14.5. The van der Waals surface area contributed by atoms with Gasteiger partial charge in [0.1, 0.15) is 17.2 Å². The van der Waals surface area contributed by atoms with E-state index in [0.29, 0.717) is 71.6 Å². The number of aromatic nitrogens is 1. The van der Waals surface area contributed by atoms with Crippen molar-refractivity contribution in [2.75, 3.05) is 89.4 Å². The first-order valence-electron chi connectivity index (χ1n) is 30.6. The number of nitrogens with one attached hydrogen (secondary N) is 5. The highest BCUT2D eigenvalue weighted by Crippen LogP contribution is 2.46. The summed E-state index contributed by atoms with van der Waals surface area (Å²) in [5.41, 5.74) is 9.79. The number of benzene rings is 4. The normalized spacial score (nSPS) is 15.5. The van der Waals surface area contributed by atoms with Crippen LogP contribution in [0, 0.1) is 11.8 Å². The van der Waals surface area contributed by atoms with E-state index in [1.807, 2.05) is 63.4 Å². The van der Waals surface area contributed by atoms with E-state index in [2.05, 4.69) is 47.1 Å². The molecular formula is C66H79BrN10O13. The second kappa shape index (κ2) is 32.2. The van der Waals surface area contributed by atoms with Gasteiger partial charge in [-0.15, -0.1) is 0 Å². The number of imide groups is 1. The van der Waals surface area contributed by atoms with Gasteiger partial charge in [0, 0.05) is 155 Å². The summed E-state index contributed by atoms with van der Waals surface area (Å²) in [5.74, 6) is -3.16. The molecule has 1 saturated heterocycles. The predicted octanol–water partition coefficient (Wildman–Crippen LogP) is 6.03. The molecule has 90 heavy (non-hydrogen) atoms. The molecule has 0 radical (unpaired) electrons. The van der Waals surface area contributed by atoms with Crippen LogP contribution in [-0.4, -0.2) is 175 Å². The molecule has 0 aliphatic carbocycles. The smallest absolute Gasteiger partial charge is 0.409 e. The van der Waals surface area contributed by atoms with Crippen LogP contribution >= 0.6 is 15.9 Å². The third kappa shape index (κ3) is 18.3. The van der Waals surface area contributed by atoms with Gasteiger partial charge in [-0.2, -0.15) is 0 Å². The van der Waals surface area contributed by atoms with Crippen LogP contribution in [0.2, 0.25) is 0 Å². The third-order valence-electron chi connectivity index (χ3n) is 16.5. The molecule has 0 unspecified atom stereocenters. The molecule has 4 heterocycles. The molecule has 0 saturated carbocycles. The van der Waals surface area contributed by atoms with Crippen LogP contribution in [0.4, 0.5) is 15.3 Å². The molecule has 7 N–H and O–H groups in total. The third-order valence-corrected chi connectivity index (χ3v) is 17.2. The second-order valence-electron chi connectivity index (χ2n) is 23.3. The largest absolute Gasteiger partial charge is 0.415 e. The maximum absolute atomic E-state index is 14.5. The number of fused-ring (bicyclic) bond motifs is 4. The fraction of sp³-hybridized carbons (Fsp3) is 0.439. The van der Waals surface area contributed by atoms with Crippen LogP contribution in [0.3, 0.4) is 0 Å². The van der Waals surface area contributed by atoms with Crippen molar-refractivity contribution in [2.24, 2.45) is 17.6 Å². The summed E-state index contributed by atoms with van der Waals surface area (Å²) in [6, 6.07) is 22.0. The average Bonchev–Trinajstić information content (AvgIpc) is 1.60. The van der Waals surface area contributed by atoms with E-state index >= 15 is 0 Å². The molecule has 1 fully saturated rings. The monoisotopic (exact) mass is 1300 g/mol. The molecule has 3 atom stereocenters. The van der Waals surface area contributed by atoms with E-state index in [0.717, 1.165) is 57.4 Å². The Bertz CT molecular complexity index is 3500. The predicted molar refractivity (Wildman–Crippen MR) is 341 cm³/mol. The van der Waals surface area contributed by atoms with Crippen molar-refractivity contribution in [1.29, 1.82) is 0 Å². The Morgan fingerprint density at radius 1 is 0.733 bits per heavy atom. The molecule has 8 rings (SSSR count). The van der Waals surface area contributed by atoms with Crippen LogP contribution in [0.1, 0.15) is 109 Å². The highest BCUT2D eigenvalue weighted by Gasteiger charge is 2.37. The highest BCUT2D eigenvalue weighted by molar-refractivity contribution is 9.09. The number of alkyl halides is 1. The van der Waals surface area contributed by atoms with Crippen molar-refractivity contribution in [3.8, 4) is 5.75 Å². The number of H-pyrrole nitrogens is 1. The van der Waals surface area contributed by atoms with Gasteiger partial charge in [-0.3, -0.25) is 48.1 Å². The molecule has 0 bridgehead atoms. The quantitative estimate of drug-likeness (QED) is 0.0124. The molecule has 3 aliphatic heterocycles. The van der Waals surface area contributed by atoms with Gasteiger partial charge in [0.05, 0.1) is 24.9 Å². The number of amides is 9. The number of ether oxygens (including phenoxy) is 2. The number of carbonyl (C=O) groups is 11. The number of halogens is 1. The standard InChI is InChI=1S/C66H79BrN10O13/c1-41(2)48(17-19-58(81)69-24-6-8-47(78)23-32-89-33-26-70-59(82)22-27-76-60(83)20-21-61(76)84)63(85)73-52(11-7-25-71-65(68)87)56(80)35-42-12-15-44(16-13-42)55(79)36-43-14-18-51-45(34-43)37-53(72-51)64(86)77-40-46(39-67)62-50-10-5-4-9-49(50)57(38-54(62)77)90-66(88)75-30-28-74(3)29-31-75/h4-5,9-10,12-16,18,20-21,34,37-38,41,46,48,52,72H,6-8,11,17,19,22-33,35-36,39-40H2,1-3H3,(H,69,81)(H,70,82)(H,73,85)(H3,68,71,87)/t46-,48+,52+/m1/s1. The molecule has 478 valence electrons. The van der Waals surface area contributed by atoms with E-state index in [9.17, 15) is 52.7 Å². The summed E-state index contributed by atoms with van der Waals surface area (Å²) in [7, 11) is 2.02. The molecule has 24 heteroatoms. The number of aromatic amines is 1. The van der Waals surface area contributed by atoms with Gasteiger partial charge in [0.2, 0.25) is 17.7 Å². The van der Waals surface area contributed by atoms with Crippen LogP contribution in [0.15, 0.2) is 91.0 Å². The first kappa shape index (κ1) is 67.3. The summed E-state index contributed by atoms with van der Waals surface area (Å²) in [4.78, 5) is 151. The molecule has 0 spiro atoms. The van der Waals surface area contributed by atoms with Crippen LogP contribution in [0.5, 0.6) is 5.75 Å². The van der Waals surface area contributed by atoms with Crippen molar-refractivity contribution < 1.29 is 62.2 Å². The van der Waals surface area contributed by atoms with Gasteiger partial charge in [-0.25, -0.2) is 9.59 Å². The molecular weight excluding hydrogens is 1220 g/mol. The second-order valence-corrected chi connectivity index (χ2v) is 24.0. The van der Waals surface area contributed by atoms with Crippen molar-refractivity contribution in [3.63, 3.8) is 0 Å². The van der Waals surface area contributed by atoms with Crippen LogP contribution < -0.4 is 36.6 Å². The number of Topliss-reactive ketones (excluding diaryl/α,β-unsaturated/α-hetero) is 3. The summed E-state index contributed by atoms with van der Waals surface area (Å²) in [6.07, 6.45) is 3.36. The number of likely N-dealkylation sites (N-methyl/N-ethyl adjacent to an activating group) is 1. The maximum Gasteiger partial charge on any atom is 0.415 e. The fourth-order valence-electron chi connectivity index (χ4n) is 11.3. The lowest BCUT2D eigenvalue weighted by Crippen LogP contribution is -2.48. The zero-order chi connectivity index (χ0) is 64.4. The number of nitrogens with zero attached hydrogens (tertiary/aromatic N) is 4. The first-order chi connectivity index (χ1) is 43.3. The summed E-state index contributed by atoms with van der Waals surface area (Å²) in [6.45, 7) is 7.63. The molecule has 4 aromatic carbocycles. The number of ketones is 3. The van der Waals surface area contributed by atoms with Crippen molar-refractivity contribution in [1.82, 2.24) is 41.0 Å². The molecule has 1 aromatic heterocycles. The lowest BCUT2D eigenvalue weighted by molar-refractivity contribution is -0.137. The lowest BCUT2D eigenvalue weighted by Gasteiger charge is -2.31. The van der Waals surface area contributed by atoms with Gasteiger partial charge in [-0.05, 0) is 78.9 Å². The van der Waals surface area contributed by atoms with Crippen molar-refractivity contribution in [2.45, 2.75) is 90.0 Å². The Labute approximate surface area is 530 Å². The topological polar surface area (TPSA) is 309 Å². The number of nitrogens with two attached hydrogens (primary N) is 1. The number of carbonyl (C=O) groups excluding carboxylic acids is 11. The Kier molecular flexibility index (Phi) is 24.1. The number of urea groups is 1. The van der Waals surface area contributed by atoms with E-state index in [4.69, 9.17) is 15.2 Å². The van der Waals surface area contributed by atoms with Gasteiger partial charge < -0.3 is 56.2 Å². The van der Waals surface area contributed by atoms with Gasteiger partial charge in [-0.1, -0.05) is 84.4 Å². The van der Waals surface area contributed by atoms with E-state index in [1.165, 1.54) is 0 Å². The minimum Gasteiger partial charge on any atom is -0.409 e. The number of primary amides is 1. The minimum absolute atomic E-state index is 0.0201. The van der Waals surface area contributed by atoms with Crippen LogP contribution in [0.25, 0.3) is 21.7 Å².